The second-order valence-electron chi connectivity index (χ2n) is 11.3. The maximum Gasteiger partial charge on any atom is 0.319 e. The number of nitrogens with one attached hydrogen (secondary N) is 1. The number of aromatic nitrogens is 2. The van der Waals surface area contributed by atoms with E-state index in [0.717, 1.165) is 78.5 Å². The van der Waals surface area contributed by atoms with Crippen LogP contribution in [0.1, 0.15) is 30.2 Å². The van der Waals surface area contributed by atoms with Gasteiger partial charge in [-0.05, 0) is 48.7 Å². The lowest BCUT2D eigenvalue weighted by atomic mass is 9.96. The number of fused-ring (bicyclic) bond motifs is 1. The second-order valence-corrected chi connectivity index (χ2v) is 12.1. The second kappa shape index (κ2) is 14.7. The molecule has 1 fully saturated rings. The molecular weight excluding hydrogens is 619 g/mol. The van der Waals surface area contributed by atoms with Crippen LogP contribution in [0.25, 0.3) is 22.4 Å². The van der Waals surface area contributed by atoms with Gasteiger partial charge in [-0.15, -0.1) is 0 Å². The summed E-state index contributed by atoms with van der Waals surface area (Å²) in [6.07, 6.45) is 1.47. The number of benzene rings is 2. The molecule has 3 N–H and O–H groups in total. The lowest BCUT2D eigenvalue weighted by Gasteiger charge is -2.33. The van der Waals surface area contributed by atoms with E-state index in [-0.39, 0.29) is 19.1 Å². The largest absolute Gasteiger partial charge is 0.468 e. The Morgan fingerprint density at radius 2 is 1.87 bits per heavy atom. The van der Waals surface area contributed by atoms with Crippen molar-refractivity contribution in [2.75, 3.05) is 46.5 Å². The third-order valence-corrected chi connectivity index (χ3v) is 9.06. The molecule has 1 saturated heterocycles. The van der Waals surface area contributed by atoms with Crippen LogP contribution >= 0.6 is 23.2 Å². The van der Waals surface area contributed by atoms with E-state index in [4.69, 9.17) is 43.5 Å². The molecule has 3 aromatic rings. The van der Waals surface area contributed by atoms with Gasteiger partial charge in [0, 0.05) is 77.6 Å². The SMILES string of the molecule is COC(=O)CNCc1cc(-c2cc(-c3nn(CCCN4CCOC[C@@H]4C)c4c3CN(C(=O)C(N)=O)CC4)ccc2Cl)ccc1Cl. The fraction of sp³-hybridized carbons (Fsp3) is 0.438. The van der Waals surface area contributed by atoms with Crippen LogP contribution in [0, 0.1) is 0 Å². The minimum absolute atomic E-state index is 0.0574. The number of carbonyl (C=O) groups excluding carboxylic acids is 3. The highest BCUT2D eigenvalue weighted by Gasteiger charge is 2.30. The Kier molecular flexibility index (Phi) is 10.8. The zero-order valence-corrected chi connectivity index (χ0v) is 27.0. The third-order valence-electron chi connectivity index (χ3n) is 8.36. The maximum atomic E-state index is 12.6. The number of amides is 2. The third kappa shape index (κ3) is 7.67. The van der Waals surface area contributed by atoms with Crippen molar-refractivity contribution in [1.29, 1.82) is 0 Å². The number of nitrogens with two attached hydrogens (primary N) is 1. The smallest absolute Gasteiger partial charge is 0.319 e. The average molecular weight is 658 g/mol. The molecule has 0 aliphatic carbocycles. The summed E-state index contributed by atoms with van der Waals surface area (Å²) in [7, 11) is 1.34. The first-order valence-electron chi connectivity index (χ1n) is 15.0. The molecule has 240 valence electrons. The van der Waals surface area contributed by atoms with Gasteiger partial charge in [-0.25, -0.2) is 0 Å². The molecule has 2 aliphatic rings. The Bertz CT molecular complexity index is 1580. The van der Waals surface area contributed by atoms with Gasteiger partial charge in [0.15, 0.2) is 0 Å². The van der Waals surface area contributed by atoms with E-state index >= 15 is 0 Å². The number of morpholine rings is 1. The van der Waals surface area contributed by atoms with Crippen molar-refractivity contribution < 1.29 is 23.9 Å². The highest BCUT2D eigenvalue weighted by Crippen LogP contribution is 2.37. The minimum atomic E-state index is -0.972. The monoisotopic (exact) mass is 656 g/mol. The first-order chi connectivity index (χ1) is 21.7. The van der Waals surface area contributed by atoms with Gasteiger partial charge in [0.1, 0.15) is 0 Å². The molecule has 5 rings (SSSR count). The Labute approximate surface area is 272 Å². The van der Waals surface area contributed by atoms with Crippen molar-refractivity contribution >= 4 is 41.0 Å². The van der Waals surface area contributed by atoms with E-state index in [2.05, 4.69) is 17.1 Å². The van der Waals surface area contributed by atoms with Gasteiger partial charge in [-0.3, -0.25) is 24.0 Å². The fourth-order valence-electron chi connectivity index (χ4n) is 5.90. The van der Waals surface area contributed by atoms with E-state index in [1.54, 1.807) is 6.07 Å². The molecule has 0 radical (unpaired) electrons. The van der Waals surface area contributed by atoms with Gasteiger partial charge in [0.25, 0.3) is 0 Å². The van der Waals surface area contributed by atoms with Crippen molar-refractivity contribution in [1.82, 2.24) is 24.9 Å². The number of ether oxygens (including phenoxy) is 2. The molecule has 2 aromatic carbocycles. The van der Waals surface area contributed by atoms with Gasteiger partial charge in [0.2, 0.25) is 0 Å². The van der Waals surface area contributed by atoms with Gasteiger partial charge < -0.3 is 25.4 Å². The number of methoxy groups -OCH3 is 1. The molecule has 2 aliphatic heterocycles. The summed E-state index contributed by atoms with van der Waals surface area (Å²) in [5, 5.41) is 9.21. The molecule has 0 spiro atoms. The summed E-state index contributed by atoms with van der Waals surface area (Å²) in [5.74, 6) is -2.04. The quantitative estimate of drug-likeness (QED) is 0.251. The highest BCUT2D eigenvalue weighted by atomic mass is 35.5. The Morgan fingerprint density at radius 3 is 2.62 bits per heavy atom. The molecular formula is C32H38Cl2N6O5. The van der Waals surface area contributed by atoms with Crippen molar-refractivity contribution in [3.05, 3.63) is 63.3 Å². The molecule has 13 heteroatoms. The summed E-state index contributed by atoms with van der Waals surface area (Å²) in [4.78, 5) is 39.8. The number of nitrogens with zero attached hydrogens (tertiary/aromatic N) is 4. The Balaban J connectivity index is 1.45. The van der Waals surface area contributed by atoms with E-state index in [1.807, 2.05) is 35.0 Å². The highest BCUT2D eigenvalue weighted by molar-refractivity contribution is 6.34. The number of primary amides is 1. The van der Waals surface area contributed by atoms with Crippen LogP contribution in [0.4, 0.5) is 0 Å². The first kappa shape index (κ1) is 32.9. The van der Waals surface area contributed by atoms with Gasteiger partial charge in [-0.2, -0.15) is 5.10 Å². The summed E-state index contributed by atoms with van der Waals surface area (Å²) in [5.41, 5.74) is 11.3. The van der Waals surface area contributed by atoms with Crippen molar-refractivity contribution in [3.8, 4) is 22.4 Å². The topological polar surface area (TPSA) is 132 Å². The average Bonchev–Trinajstić information content (AvgIpc) is 3.40. The molecule has 0 unspecified atom stereocenters. The predicted molar refractivity (Wildman–Crippen MR) is 172 cm³/mol. The van der Waals surface area contributed by atoms with Crippen LogP contribution in [0.5, 0.6) is 0 Å². The van der Waals surface area contributed by atoms with Crippen LogP contribution in [0.2, 0.25) is 10.0 Å². The molecule has 45 heavy (non-hydrogen) atoms. The van der Waals surface area contributed by atoms with E-state index in [9.17, 15) is 14.4 Å². The summed E-state index contributed by atoms with van der Waals surface area (Å²) >= 11 is 13.2. The van der Waals surface area contributed by atoms with Crippen molar-refractivity contribution in [2.45, 2.75) is 45.4 Å². The standard InChI is InChI=1S/C32H38Cl2N6O5/c1-20-19-45-13-12-38(20)9-3-10-40-28-8-11-39(32(43)31(35)42)18-25(28)30(37-40)22-5-7-27(34)24(15-22)21-4-6-26(33)23(14-21)16-36-17-29(41)44-2/h4-7,14-15,20,36H,3,8-13,16-19H2,1-2H3,(H2,35,42)/t20-/m0/s1. The van der Waals surface area contributed by atoms with Gasteiger partial charge >= 0.3 is 17.8 Å². The number of rotatable bonds is 10. The van der Waals surface area contributed by atoms with Gasteiger partial charge in [-0.1, -0.05) is 35.3 Å². The number of esters is 1. The Morgan fingerprint density at radius 1 is 1.09 bits per heavy atom. The van der Waals surface area contributed by atoms with Crippen LogP contribution in [-0.4, -0.2) is 89.9 Å². The maximum absolute atomic E-state index is 12.6. The lowest BCUT2D eigenvalue weighted by molar-refractivity contribution is -0.144. The zero-order chi connectivity index (χ0) is 32.1. The minimum Gasteiger partial charge on any atom is -0.468 e. The van der Waals surface area contributed by atoms with Gasteiger partial charge in [0.05, 0.1) is 39.1 Å². The summed E-state index contributed by atoms with van der Waals surface area (Å²) in [6, 6.07) is 11.7. The van der Waals surface area contributed by atoms with Crippen LogP contribution in [-0.2, 0) is 49.9 Å². The molecule has 11 nitrogen and oxygen atoms in total. The number of halogens is 2. The number of aryl methyl sites for hydroxylation is 1. The number of carbonyl (C=O) groups is 3. The predicted octanol–water partition coefficient (Wildman–Crippen LogP) is 3.27. The fourth-order valence-corrected chi connectivity index (χ4v) is 6.31. The van der Waals surface area contributed by atoms with E-state index in [1.165, 1.54) is 12.0 Å². The molecule has 2 amide bonds. The van der Waals surface area contributed by atoms with Crippen molar-refractivity contribution in [3.63, 3.8) is 0 Å². The Hall–Kier alpha value is -3.48. The van der Waals surface area contributed by atoms with Crippen LogP contribution in [0.3, 0.4) is 0 Å². The van der Waals surface area contributed by atoms with E-state index in [0.29, 0.717) is 35.6 Å². The molecule has 0 saturated carbocycles. The zero-order valence-electron chi connectivity index (χ0n) is 25.5. The summed E-state index contributed by atoms with van der Waals surface area (Å²) in [6.45, 7) is 7.27. The van der Waals surface area contributed by atoms with Crippen LogP contribution < -0.4 is 11.1 Å². The molecule has 1 aromatic heterocycles. The molecule has 1 atom stereocenters. The molecule has 0 bridgehead atoms. The number of hydrogen-bond donors (Lipinski definition) is 2. The van der Waals surface area contributed by atoms with Crippen LogP contribution in [0.15, 0.2) is 36.4 Å². The number of hydrogen-bond acceptors (Lipinski definition) is 8. The first-order valence-corrected chi connectivity index (χ1v) is 15.8. The summed E-state index contributed by atoms with van der Waals surface area (Å²) < 4.78 is 12.3. The lowest BCUT2D eigenvalue weighted by Crippen LogP contribution is -2.44. The van der Waals surface area contributed by atoms with E-state index < -0.39 is 11.8 Å². The van der Waals surface area contributed by atoms with Crippen molar-refractivity contribution in [2.24, 2.45) is 5.73 Å². The molecule has 3 heterocycles. The normalized spacial score (nSPS) is 16.8.